The number of likely N-dealkylation sites (N-methyl/N-ethyl adjacent to an activating group) is 1. The fourth-order valence-electron chi connectivity index (χ4n) is 2.88. The van der Waals surface area contributed by atoms with Gasteiger partial charge < -0.3 is 15.4 Å². The second-order valence-corrected chi connectivity index (χ2v) is 6.29. The van der Waals surface area contributed by atoms with E-state index in [4.69, 9.17) is 10.5 Å². The van der Waals surface area contributed by atoms with Crippen LogP contribution >= 0.6 is 0 Å². The zero-order chi connectivity index (χ0) is 13.3. The number of nitrogens with zero attached hydrogens (tertiary/aromatic N) is 1. The van der Waals surface area contributed by atoms with Crippen LogP contribution in [0.25, 0.3) is 0 Å². The highest BCUT2D eigenvalue weighted by Crippen LogP contribution is 2.38. The fourth-order valence-corrected chi connectivity index (χ4v) is 2.88. The number of hydrogen-bond acceptors (Lipinski definition) is 3. The highest BCUT2D eigenvalue weighted by molar-refractivity contribution is 5.36. The van der Waals surface area contributed by atoms with Gasteiger partial charge in [-0.2, -0.15) is 0 Å². The summed E-state index contributed by atoms with van der Waals surface area (Å²) in [7, 11) is 2.17. The average Bonchev–Trinajstić information content (AvgIpc) is 3.10. The van der Waals surface area contributed by atoms with Crippen molar-refractivity contribution in [3.63, 3.8) is 0 Å². The van der Waals surface area contributed by atoms with Crippen LogP contribution in [0.4, 0.5) is 0 Å². The summed E-state index contributed by atoms with van der Waals surface area (Å²) in [4.78, 5) is 2.35. The van der Waals surface area contributed by atoms with E-state index in [9.17, 15) is 0 Å². The number of rotatable bonds is 4. The van der Waals surface area contributed by atoms with E-state index in [1.54, 1.807) is 0 Å². The van der Waals surface area contributed by atoms with E-state index in [-0.39, 0.29) is 5.54 Å². The molecule has 1 atom stereocenters. The molecule has 0 bridgehead atoms. The lowest BCUT2D eigenvalue weighted by molar-refractivity contribution is 0.103. The Morgan fingerprint density at radius 3 is 2.89 bits per heavy atom. The lowest BCUT2D eigenvalue weighted by Gasteiger charge is -2.30. The van der Waals surface area contributed by atoms with Crippen LogP contribution in [0.5, 0.6) is 5.75 Å². The second-order valence-electron chi connectivity index (χ2n) is 6.29. The summed E-state index contributed by atoms with van der Waals surface area (Å²) in [6.45, 7) is 2.22. The van der Waals surface area contributed by atoms with Crippen molar-refractivity contribution in [2.75, 3.05) is 20.1 Å². The third-order valence-electron chi connectivity index (χ3n) is 4.28. The number of nitrogens with two attached hydrogens (primary N) is 1. The maximum atomic E-state index is 6.24. The Balaban J connectivity index is 1.69. The molecule has 3 rings (SSSR count). The third kappa shape index (κ3) is 3.28. The van der Waals surface area contributed by atoms with E-state index >= 15 is 0 Å². The van der Waals surface area contributed by atoms with Gasteiger partial charge in [0, 0.05) is 12.1 Å². The number of hydrogen-bond donors (Lipinski definition) is 1. The summed E-state index contributed by atoms with van der Waals surface area (Å²) in [5.74, 6) is 1.04. The van der Waals surface area contributed by atoms with E-state index in [1.165, 1.54) is 18.5 Å². The number of ether oxygens (including phenoxy) is 1. The quantitative estimate of drug-likeness (QED) is 0.902. The summed E-state index contributed by atoms with van der Waals surface area (Å²) in [5.41, 5.74) is 7.56. The van der Waals surface area contributed by atoms with Gasteiger partial charge >= 0.3 is 0 Å². The van der Waals surface area contributed by atoms with Gasteiger partial charge in [0.2, 0.25) is 0 Å². The van der Waals surface area contributed by atoms with Crippen LogP contribution < -0.4 is 10.5 Å². The summed E-state index contributed by atoms with van der Waals surface area (Å²) in [6.07, 6.45) is 5.96. The molecule has 1 unspecified atom stereocenters. The predicted molar refractivity (Wildman–Crippen MR) is 77.4 cm³/mol. The van der Waals surface area contributed by atoms with E-state index in [1.807, 2.05) is 0 Å². The van der Waals surface area contributed by atoms with Crippen molar-refractivity contribution in [2.24, 2.45) is 5.73 Å². The number of piperidine rings is 1. The molecular weight excluding hydrogens is 236 g/mol. The average molecular weight is 260 g/mol. The molecule has 1 aliphatic carbocycles. The van der Waals surface area contributed by atoms with Crippen molar-refractivity contribution in [3.8, 4) is 5.75 Å². The standard InChI is InChI=1S/C16H24N2O/c1-18-10-4-6-14(12-18)19-15-7-3-2-5-13(15)11-16(17)8-9-16/h2-3,5,7,14H,4,6,8-12,17H2,1H3. The van der Waals surface area contributed by atoms with Gasteiger partial charge in [-0.1, -0.05) is 18.2 Å². The van der Waals surface area contributed by atoms with Crippen molar-refractivity contribution >= 4 is 0 Å². The molecule has 1 saturated heterocycles. The van der Waals surface area contributed by atoms with Gasteiger partial charge in [-0.05, 0) is 57.3 Å². The Bertz CT molecular complexity index is 442. The molecule has 104 valence electrons. The summed E-state index contributed by atoms with van der Waals surface area (Å²) in [6, 6.07) is 8.40. The summed E-state index contributed by atoms with van der Waals surface area (Å²) in [5, 5.41) is 0. The van der Waals surface area contributed by atoms with Gasteiger partial charge in [0.05, 0.1) is 0 Å². The van der Waals surface area contributed by atoms with Crippen LogP contribution in [0.1, 0.15) is 31.2 Å². The maximum absolute atomic E-state index is 6.24. The molecule has 19 heavy (non-hydrogen) atoms. The minimum Gasteiger partial charge on any atom is -0.489 e. The van der Waals surface area contributed by atoms with Crippen LogP contribution in [0.15, 0.2) is 24.3 Å². The minimum absolute atomic E-state index is 0.0445. The zero-order valence-corrected chi connectivity index (χ0v) is 11.8. The number of para-hydroxylation sites is 1. The molecular formula is C16H24N2O. The fraction of sp³-hybridized carbons (Fsp3) is 0.625. The first-order valence-electron chi connectivity index (χ1n) is 7.37. The molecule has 3 nitrogen and oxygen atoms in total. The number of benzene rings is 1. The molecule has 3 heteroatoms. The van der Waals surface area contributed by atoms with Crippen molar-refractivity contribution in [2.45, 2.75) is 43.7 Å². The summed E-state index contributed by atoms with van der Waals surface area (Å²) < 4.78 is 6.23. The Hall–Kier alpha value is -1.06. The Morgan fingerprint density at radius 1 is 1.37 bits per heavy atom. The van der Waals surface area contributed by atoms with E-state index in [2.05, 4.69) is 36.2 Å². The molecule has 2 aliphatic rings. The molecule has 1 aromatic rings. The van der Waals surface area contributed by atoms with Crippen molar-refractivity contribution in [1.82, 2.24) is 4.90 Å². The van der Waals surface area contributed by atoms with Crippen molar-refractivity contribution in [3.05, 3.63) is 29.8 Å². The third-order valence-corrected chi connectivity index (χ3v) is 4.28. The smallest absolute Gasteiger partial charge is 0.123 e. The summed E-state index contributed by atoms with van der Waals surface area (Å²) >= 11 is 0. The van der Waals surface area contributed by atoms with Crippen molar-refractivity contribution < 1.29 is 4.74 Å². The first kappa shape index (κ1) is 12.9. The second kappa shape index (κ2) is 5.14. The molecule has 0 radical (unpaired) electrons. The predicted octanol–water partition coefficient (Wildman–Crippen LogP) is 2.19. The van der Waals surface area contributed by atoms with Crippen LogP contribution in [0.3, 0.4) is 0 Å². The first-order chi connectivity index (χ1) is 9.15. The van der Waals surface area contributed by atoms with Gasteiger partial charge in [0.1, 0.15) is 11.9 Å². The maximum Gasteiger partial charge on any atom is 0.123 e. The van der Waals surface area contributed by atoms with Crippen LogP contribution in [0, 0.1) is 0 Å². The van der Waals surface area contributed by atoms with E-state index < -0.39 is 0 Å². The van der Waals surface area contributed by atoms with Gasteiger partial charge in [-0.15, -0.1) is 0 Å². The Kier molecular flexibility index (Phi) is 3.50. The Labute approximate surface area is 115 Å². The van der Waals surface area contributed by atoms with Gasteiger partial charge in [0.15, 0.2) is 0 Å². The molecule has 2 N–H and O–H groups in total. The van der Waals surface area contributed by atoms with E-state index in [0.717, 1.165) is 38.0 Å². The zero-order valence-electron chi connectivity index (χ0n) is 11.8. The first-order valence-corrected chi connectivity index (χ1v) is 7.37. The highest BCUT2D eigenvalue weighted by Gasteiger charge is 2.38. The highest BCUT2D eigenvalue weighted by atomic mass is 16.5. The van der Waals surface area contributed by atoms with Crippen LogP contribution in [0.2, 0.25) is 0 Å². The van der Waals surface area contributed by atoms with E-state index in [0.29, 0.717) is 6.10 Å². The van der Waals surface area contributed by atoms with Crippen molar-refractivity contribution in [1.29, 1.82) is 0 Å². The van der Waals surface area contributed by atoms with Gasteiger partial charge in [-0.3, -0.25) is 0 Å². The normalized spacial score (nSPS) is 26.1. The molecule has 0 amide bonds. The lowest BCUT2D eigenvalue weighted by atomic mass is 10.0. The molecule has 1 aliphatic heterocycles. The van der Waals surface area contributed by atoms with Crippen LogP contribution in [-0.2, 0) is 6.42 Å². The molecule has 0 aromatic heterocycles. The topological polar surface area (TPSA) is 38.5 Å². The molecule has 0 spiro atoms. The largest absolute Gasteiger partial charge is 0.489 e. The monoisotopic (exact) mass is 260 g/mol. The Morgan fingerprint density at radius 2 is 2.16 bits per heavy atom. The van der Waals surface area contributed by atoms with Gasteiger partial charge in [-0.25, -0.2) is 0 Å². The molecule has 1 saturated carbocycles. The molecule has 1 heterocycles. The number of likely N-dealkylation sites (tertiary alicyclic amines) is 1. The molecule has 2 fully saturated rings. The van der Waals surface area contributed by atoms with Gasteiger partial charge in [0.25, 0.3) is 0 Å². The SMILES string of the molecule is CN1CCCC(Oc2ccccc2CC2(N)CC2)C1. The lowest BCUT2D eigenvalue weighted by Crippen LogP contribution is -2.38. The van der Waals surface area contributed by atoms with Crippen LogP contribution in [-0.4, -0.2) is 36.7 Å². The minimum atomic E-state index is 0.0445. The molecule has 1 aromatic carbocycles.